The molecule has 0 spiro atoms. The smallest absolute Gasteiger partial charge is 0.356 e. The number of nitrogens with one attached hydrogen (secondary N) is 1. The molecule has 0 bridgehead atoms. The Balaban J connectivity index is 1.96. The highest BCUT2D eigenvalue weighted by molar-refractivity contribution is 5.93. The number of fused-ring (bicyclic) bond motifs is 1. The Morgan fingerprint density at radius 3 is 2.95 bits per heavy atom. The number of carbonyl (C=O) groups is 1. The topological polar surface area (TPSA) is 66.6 Å². The zero-order chi connectivity index (χ0) is 13.4. The van der Waals surface area contributed by atoms with Crippen molar-refractivity contribution in [1.29, 1.82) is 0 Å². The van der Waals surface area contributed by atoms with Crippen molar-refractivity contribution in [3.05, 3.63) is 35.4 Å². The van der Waals surface area contributed by atoms with Crippen molar-refractivity contribution in [3.8, 4) is 0 Å². The first-order chi connectivity index (χ1) is 9.15. The Bertz CT molecular complexity index is 629. The largest absolute Gasteiger partial charge is 0.476 e. The number of nitrogens with zero attached hydrogens (tertiary/aromatic N) is 2. The normalized spacial score (nSPS) is 15.6. The van der Waals surface area contributed by atoms with Crippen LogP contribution in [0.25, 0.3) is 5.52 Å². The Labute approximate surface area is 111 Å². The number of imidazole rings is 1. The van der Waals surface area contributed by atoms with Gasteiger partial charge in [0.15, 0.2) is 5.69 Å². The molecule has 2 aromatic rings. The third-order valence-electron chi connectivity index (χ3n) is 3.71. The predicted molar refractivity (Wildman–Crippen MR) is 71.4 cm³/mol. The first-order valence-corrected chi connectivity index (χ1v) is 6.59. The van der Waals surface area contributed by atoms with Crippen molar-refractivity contribution in [1.82, 2.24) is 14.7 Å². The van der Waals surface area contributed by atoms with E-state index in [4.69, 9.17) is 0 Å². The van der Waals surface area contributed by atoms with Crippen LogP contribution in [0.4, 0.5) is 0 Å². The molecule has 0 saturated heterocycles. The first-order valence-electron chi connectivity index (χ1n) is 6.59. The quantitative estimate of drug-likeness (QED) is 0.881. The van der Waals surface area contributed by atoms with E-state index in [1.165, 1.54) is 19.3 Å². The fourth-order valence-electron chi connectivity index (χ4n) is 2.38. The molecule has 1 aliphatic rings. The maximum atomic E-state index is 11.2. The summed E-state index contributed by atoms with van der Waals surface area (Å²) in [6, 6.07) is 4.29. The summed E-state index contributed by atoms with van der Waals surface area (Å²) in [4.78, 5) is 15.5. The molecule has 0 aromatic carbocycles. The summed E-state index contributed by atoms with van der Waals surface area (Å²) in [5.74, 6) is -0.209. The minimum atomic E-state index is -0.976. The average molecular weight is 259 g/mol. The van der Waals surface area contributed by atoms with Gasteiger partial charge in [-0.15, -0.1) is 0 Å². The zero-order valence-corrected chi connectivity index (χ0v) is 10.9. The van der Waals surface area contributed by atoms with Gasteiger partial charge in [0.05, 0.1) is 12.1 Å². The molecule has 5 nitrogen and oxygen atoms in total. The SMILES string of the molecule is Cc1ccc2c(C(=O)O)nc(CNC3CCC3)n2c1. The molecular weight excluding hydrogens is 242 g/mol. The van der Waals surface area contributed by atoms with E-state index in [0.29, 0.717) is 18.1 Å². The van der Waals surface area contributed by atoms with E-state index >= 15 is 0 Å². The summed E-state index contributed by atoms with van der Waals surface area (Å²) >= 11 is 0. The van der Waals surface area contributed by atoms with Gasteiger partial charge in [-0.2, -0.15) is 0 Å². The van der Waals surface area contributed by atoms with Crippen LogP contribution in [0.2, 0.25) is 0 Å². The van der Waals surface area contributed by atoms with Gasteiger partial charge in [-0.1, -0.05) is 12.5 Å². The van der Waals surface area contributed by atoms with Crippen LogP contribution in [0.3, 0.4) is 0 Å². The van der Waals surface area contributed by atoms with Gasteiger partial charge in [0.25, 0.3) is 0 Å². The van der Waals surface area contributed by atoms with Crippen LogP contribution in [-0.4, -0.2) is 26.5 Å². The minimum Gasteiger partial charge on any atom is -0.476 e. The Kier molecular flexibility index (Phi) is 2.98. The second kappa shape index (κ2) is 4.66. The standard InChI is InChI=1S/C14H17N3O2/c1-9-5-6-11-13(14(18)19)16-12(17(11)8-9)7-15-10-3-2-4-10/h5-6,8,10,15H,2-4,7H2,1H3,(H,18,19). The number of pyridine rings is 1. The molecule has 1 fully saturated rings. The minimum absolute atomic E-state index is 0.130. The van der Waals surface area contributed by atoms with Gasteiger partial charge in [-0.3, -0.25) is 0 Å². The van der Waals surface area contributed by atoms with E-state index in [-0.39, 0.29) is 5.69 Å². The fraction of sp³-hybridized carbons (Fsp3) is 0.429. The molecule has 0 amide bonds. The van der Waals surface area contributed by atoms with E-state index in [1.807, 2.05) is 29.7 Å². The van der Waals surface area contributed by atoms with Gasteiger partial charge in [-0.25, -0.2) is 9.78 Å². The highest BCUT2D eigenvalue weighted by atomic mass is 16.4. The second-order valence-electron chi connectivity index (χ2n) is 5.15. The third-order valence-corrected chi connectivity index (χ3v) is 3.71. The molecule has 19 heavy (non-hydrogen) atoms. The van der Waals surface area contributed by atoms with Gasteiger partial charge < -0.3 is 14.8 Å². The first kappa shape index (κ1) is 12.2. The molecule has 2 heterocycles. The molecule has 0 radical (unpaired) electrons. The van der Waals surface area contributed by atoms with Gasteiger partial charge in [0, 0.05) is 12.2 Å². The van der Waals surface area contributed by atoms with Crippen LogP contribution >= 0.6 is 0 Å². The average Bonchev–Trinajstić information content (AvgIpc) is 2.66. The van der Waals surface area contributed by atoms with E-state index in [2.05, 4.69) is 10.3 Å². The Morgan fingerprint density at radius 2 is 2.32 bits per heavy atom. The van der Waals surface area contributed by atoms with Gasteiger partial charge in [-0.05, 0) is 31.4 Å². The molecule has 1 aliphatic carbocycles. The Hall–Kier alpha value is -1.88. The number of rotatable bonds is 4. The van der Waals surface area contributed by atoms with E-state index in [9.17, 15) is 9.90 Å². The lowest BCUT2D eigenvalue weighted by molar-refractivity contribution is 0.0693. The summed E-state index contributed by atoms with van der Waals surface area (Å²) < 4.78 is 1.88. The van der Waals surface area contributed by atoms with E-state index in [0.717, 1.165) is 11.4 Å². The van der Waals surface area contributed by atoms with Crippen LogP contribution in [-0.2, 0) is 6.54 Å². The number of hydrogen-bond donors (Lipinski definition) is 2. The summed E-state index contributed by atoms with van der Waals surface area (Å²) in [5, 5.41) is 12.6. The molecule has 2 aromatic heterocycles. The van der Waals surface area contributed by atoms with Crippen LogP contribution in [0.5, 0.6) is 0 Å². The predicted octanol–water partition coefficient (Wildman–Crippen LogP) is 1.98. The number of aromatic carboxylic acids is 1. The molecule has 3 rings (SSSR count). The number of aromatic nitrogens is 2. The second-order valence-corrected chi connectivity index (χ2v) is 5.15. The summed E-state index contributed by atoms with van der Waals surface area (Å²) in [5.41, 5.74) is 1.88. The van der Waals surface area contributed by atoms with Crippen molar-refractivity contribution >= 4 is 11.5 Å². The molecule has 0 unspecified atom stereocenters. The fourth-order valence-corrected chi connectivity index (χ4v) is 2.38. The van der Waals surface area contributed by atoms with Crippen LogP contribution < -0.4 is 5.32 Å². The number of carboxylic acids is 1. The Morgan fingerprint density at radius 1 is 1.53 bits per heavy atom. The van der Waals surface area contributed by atoms with Crippen molar-refractivity contribution in [2.45, 2.75) is 38.8 Å². The van der Waals surface area contributed by atoms with Crippen LogP contribution in [0, 0.1) is 6.92 Å². The van der Waals surface area contributed by atoms with E-state index in [1.54, 1.807) is 0 Å². The maximum absolute atomic E-state index is 11.2. The lowest BCUT2D eigenvalue weighted by atomic mass is 9.93. The lowest BCUT2D eigenvalue weighted by Crippen LogP contribution is -2.35. The summed E-state index contributed by atoms with van der Waals surface area (Å²) in [7, 11) is 0. The molecule has 2 N–H and O–H groups in total. The summed E-state index contributed by atoms with van der Waals surface area (Å²) in [6.45, 7) is 2.60. The third kappa shape index (κ3) is 2.21. The highest BCUT2D eigenvalue weighted by Gasteiger charge is 2.20. The number of hydrogen-bond acceptors (Lipinski definition) is 3. The molecule has 0 aliphatic heterocycles. The summed E-state index contributed by atoms with van der Waals surface area (Å²) in [6.07, 6.45) is 5.62. The number of aryl methyl sites for hydroxylation is 1. The maximum Gasteiger partial charge on any atom is 0.356 e. The number of carboxylic acid groups (broad SMARTS) is 1. The van der Waals surface area contributed by atoms with Gasteiger partial charge in [0.2, 0.25) is 0 Å². The van der Waals surface area contributed by atoms with Crippen LogP contribution in [0.1, 0.15) is 41.1 Å². The van der Waals surface area contributed by atoms with Crippen molar-refractivity contribution in [2.75, 3.05) is 0 Å². The highest BCUT2D eigenvalue weighted by Crippen LogP contribution is 2.19. The lowest BCUT2D eigenvalue weighted by Gasteiger charge is -2.26. The monoisotopic (exact) mass is 259 g/mol. The van der Waals surface area contributed by atoms with Crippen molar-refractivity contribution in [2.24, 2.45) is 0 Å². The molecular formula is C14H17N3O2. The molecule has 1 saturated carbocycles. The van der Waals surface area contributed by atoms with Gasteiger partial charge >= 0.3 is 5.97 Å². The zero-order valence-electron chi connectivity index (χ0n) is 10.9. The molecule has 5 heteroatoms. The molecule has 100 valence electrons. The van der Waals surface area contributed by atoms with Crippen LogP contribution in [0.15, 0.2) is 18.3 Å². The van der Waals surface area contributed by atoms with Crippen molar-refractivity contribution < 1.29 is 9.90 Å². The van der Waals surface area contributed by atoms with E-state index < -0.39 is 5.97 Å². The van der Waals surface area contributed by atoms with Gasteiger partial charge in [0.1, 0.15) is 5.82 Å². The van der Waals surface area contributed by atoms with Crippen molar-refractivity contribution in [3.63, 3.8) is 0 Å². The molecule has 0 atom stereocenters.